The minimum Gasteiger partial charge on any atom is -0.370 e. The molecule has 3 fully saturated rings. The van der Waals surface area contributed by atoms with Crippen LogP contribution in [-0.4, -0.2) is 88.6 Å². The number of pyridine rings is 2. The molecule has 1 saturated carbocycles. The van der Waals surface area contributed by atoms with Crippen molar-refractivity contribution < 1.29 is 4.79 Å². The van der Waals surface area contributed by atoms with Gasteiger partial charge in [-0.1, -0.05) is 0 Å². The summed E-state index contributed by atoms with van der Waals surface area (Å²) in [6.07, 6.45) is 9.62. The summed E-state index contributed by atoms with van der Waals surface area (Å²) in [5.74, 6) is 1.65. The topological polar surface area (TPSA) is 81.6 Å². The van der Waals surface area contributed by atoms with Crippen LogP contribution in [0.25, 0.3) is 10.9 Å². The summed E-state index contributed by atoms with van der Waals surface area (Å²) >= 11 is 0. The number of carbonyl (C=O) groups is 1. The van der Waals surface area contributed by atoms with Crippen LogP contribution in [0, 0.1) is 0 Å². The van der Waals surface area contributed by atoms with Crippen molar-refractivity contribution in [2.24, 2.45) is 0 Å². The fourth-order valence-corrected chi connectivity index (χ4v) is 7.03. The predicted molar refractivity (Wildman–Crippen MR) is 146 cm³/mol. The molecule has 3 aromatic rings. The van der Waals surface area contributed by atoms with Crippen LogP contribution in [0.15, 0.2) is 36.7 Å². The van der Waals surface area contributed by atoms with Gasteiger partial charge in [0.15, 0.2) is 0 Å². The molecule has 0 spiro atoms. The number of aromatic nitrogens is 3. The van der Waals surface area contributed by atoms with Crippen LogP contribution in [0.4, 0.5) is 17.3 Å². The maximum absolute atomic E-state index is 13.0. The maximum Gasteiger partial charge on any atom is 0.270 e. The van der Waals surface area contributed by atoms with Crippen LogP contribution in [0.3, 0.4) is 0 Å². The molecule has 0 aromatic carbocycles. The fraction of sp³-hybridized carbons (Fsp3) is 0.536. The Morgan fingerprint density at radius 2 is 1.70 bits per heavy atom. The maximum atomic E-state index is 13.0. The Bertz CT molecular complexity index is 1290. The summed E-state index contributed by atoms with van der Waals surface area (Å²) < 4.78 is 2.27. The molecule has 0 radical (unpaired) electrons. The van der Waals surface area contributed by atoms with E-state index in [1.54, 1.807) is 0 Å². The van der Waals surface area contributed by atoms with Crippen molar-refractivity contribution in [3.05, 3.63) is 42.4 Å². The number of nitrogens with zero attached hydrogens (tertiary/aromatic N) is 6. The SMILES string of the molecule is CN1C(=O)c2cc3cnc(Nc4ccc(N5CCC(N6CCNCC6)CC5)cn4)cc3n2C2CCCC21. The van der Waals surface area contributed by atoms with E-state index < -0.39 is 0 Å². The van der Waals surface area contributed by atoms with E-state index in [1.807, 2.05) is 36.5 Å². The second-order valence-corrected chi connectivity index (χ2v) is 11.0. The Morgan fingerprint density at radius 1 is 0.919 bits per heavy atom. The number of carbonyl (C=O) groups excluding carboxylic acids is 1. The third-order valence-electron chi connectivity index (χ3n) is 9.04. The molecule has 2 N–H and O–H groups in total. The van der Waals surface area contributed by atoms with Crippen LogP contribution < -0.4 is 15.5 Å². The van der Waals surface area contributed by atoms with Gasteiger partial charge in [0, 0.05) is 70.0 Å². The first-order valence-corrected chi connectivity index (χ1v) is 13.9. The van der Waals surface area contributed by atoms with Gasteiger partial charge in [-0.15, -0.1) is 0 Å². The van der Waals surface area contributed by atoms with Gasteiger partial charge in [-0.3, -0.25) is 9.69 Å². The largest absolute Gasteiger partial charge is 0.370 e. The van der Waals surface area contributed by atoms with E-state index in [0.717, 1.165) is 73.7 Å². The molecule has 9 nitrogen and oxygen atoms in total. The number of rotatable bonds is 4. The summed E-state index contributed by atoms with van der Waals surface area (Å²) in [5.41, 5.74) is 3.04. The Morgan fingerprint density at radius 3 is 2.49 bits per heavy atom. The second-order valence-electron chi connectivity index (χ2n) is 11.0. The number of fused-ring (bicyclic) bond motifs is 5. The number of amides is 1. The third-order valence-corrected chi connectivity index (χ3v) is 9.04. The molecular formula is C28H36N8O. The molecular weight excluding hydrogens is 464 g/mol. The zero-order valence-electron chi connectivity index (χ0n) is 21.6. The summed E-state index contributed by atoms with van der Waals surface area (Å²) in [6, 6.07) is 9.62. The quantitative estimate of drug-likeness (QED) is 0.569. The summed E-state index contributed by atoms with van der Waals surface area (Å²) in [6.45, 7) is 6.74. The van der Waals surface area contributed by atoms with E-state index in [4.69, 9.17) is 4.98 Å². The van der Waals surface area contributed by atoms with Gasteiger partial charge in [-0.05, 0) is 50.3 Å². The number of hydrogen-bond donors (Lipinski definition) is 2. The number of nitrogens with one attached hydrogen (secondary N) is 2. The molecule has 2 unspecified atom stereocenters. The average molecular weight is 501 g/mol. The van der Waals surface area contributed by atoms with Gasteiger partial charge in [0.2, 0.25) is 0 Å². The molecule has 37 heavy (non-hydrogen) atoms. The van der Waals surface area contributed by atoms with Crippen LogP contribution in [0.5, 0.6) is 0 Å². The lowest BCUT2D eigenvalue weighted by Gasteiger charge is -2.41. The fourth-order valence-electron chi connectivity index (χ4n) is 7.03. The highest BCUT2D eigenvalue weighted by Gasteiger charge is 2.41. The second kappa shape index (κ2) is 9.29. The Hall–Kier alpha value is -3.17. The molecule has 4 aliphatic rings. The number of likely N-dealkylation sites (N-methyl/N-ethyl adjacent to an activating group) is 1. The van der Waals surface area contributed by atoms with E-state index in [-0.39, 0.29) is 11.9 Å². The third kappa shape index (κ3) is 4.05. The summed E-state index contributed by atoms with van der Waals surface area (Å²) in [4.78, 5) is 29.4. The van der Waals surface area contributed by atoms with Crippen molar-refractivity contribution in [3.63, 3.8) is 0 Å². The number of piperidine rings is 1. The zero-order valence-corrected chi connectivity index (χ0v) is 21.6. The molecule has 3 aliphatic heterocycles. The predicted octanol–water partition coefficient (Wildman–Crippen LogP) is 3.23. The first-order chi connectivity index (χ1) is 18.2. The van der Waals surface area contributed by atoms with Gasteiger partial charge in [0.25, 0.3) is 5.91 Å². The van der Waals surface area contributed by atoms with E-state index in [0.29, 0.717) is 12.1 Å². The molecule has 2 saturated heterocycles. The molecule has 194 valence electrons. The highest BCUT2D eigenvalue weighted by Crippen LogP contribution is 2.41. The van der Waals surface area contributed by atoms with E-state index in [9.17, 15) is 4.79 Å². The van der Waals surface area contributed by atoms with Gasteiger partial charge >= 0.3 is 0 Å². The van der Waals surface area contributed by atoms with E-state index in [2.05, 4.69) is 42.1 Å². The van der Waals surface area contributed by atoms with Gasteiger partial charge in [-0.2, -0.15) is 0 Å². The highest BCUT2D eigenvalue weighted by atomic mass is 16.2. The molecule has 1 amide bonds. The van der Waals surface area contributed by atoms with E-state index >= 15 is 0 Å². The molecule has 6 heterocycles. The summed E-state index contributed by atoms with van der Waals surface area (Å²) in [5, 5.41) is 7.86. The normalized spacial score (nSPS) is 24.9. The van der Waals surface area contributed by atoms with Crippen molar-refractivity contribution in [3.8, 4) is 0 Å². The monoisotopic (exact) mass is 500 g/mol. The van der Waals surface area contributed by atoms with Crippen LogP contribution in [0.1, 0.15) is 48.6 Å². The number of hydrogen-bond acceptors (Lipinski definition) is 7. The van der Waals surface area contributed by atoms with Gasteiger partial charge in [0.05, 0.1) is 29.5 Å². The van der Waals surface area contributed by atoms with Crippen LogP contribution in [0.2, 0.25) is 0 Å². The smallest absolute Gasteiger partial charge is 0.270 e. The Kier molecular flexibility index (Phi) is 5.77. The first kappa shape index (κ1) is 23.0. The molecule has 0 bridgehead atoms. The van der Waals surface area contributed by atoms with Crippen molar-refractivity contribution in [1.29, 1.82) is 0 Å². The van der Waals surface area contributed by atoms with Crippen molar-refractivity contribution >= 4 is 34.1 Å². The standard InChI is InChI=1S/C28H36N8O/c1-33-22-3-2-4-23(22)36-24-16-27(30-17-19(24)15-25(36)28(33)37)32-26-6-5-21(18-31-26)34-11-7-20(8-12-34)35-13-9-29-10-14-35/h5-6,15-18,20,22-23,29H,2-4,7-14H2,1H3,(H,30,31,32). The lowest BCUT2D eigenvalue weighted by molar-refractivity contribution is 0.0632. The van der Waals surface area contributed by atoms with Crippen LogP contribution >= 0.6 is 0 Å². The Balaban J connectivity index is 1.05. The van der Waals surface area contributed by atoms with E-state index in [1.165, 1.54) is 31.6 Å². The summed E-state index contributed by atoms with van der Waals surface area (Å²) in [7, 11) is 1.95. The van der Waals surface area contributed by atoms with Crippen molar-refractivity contribution in [2.45, 2.75) is 50.2 Å². The zero-order chi connectivity index (χ0) is 24.9. The lowest BCUT2D eigenvalue weighted by atomic mass is 10.0. The van der Waals surface area contributed by atoms with Crippen molar-refractivity contribution in [1.82, 2.24) is 29.7 Å². The first-order valence-electron chi connectivity index (χ1n) is 13.9. The number of piperazine rings is 1. The molecule has 1 aliphatic carbocycles. The van der Waals surface area contributed by atoms with Gasteiger partial charge in [-0.25, -0.2) is 9.97 Å². The Labute approximate surface area is 217 Å². The lowest BCUT2D eigenvalue weighted by Crippen LogP contribution is -2.52. The molecule has 3 aromatic heterocycles. The molecule has 7 rings (SSSR count). The number of anilines is 3. The molecule has 9 heteroatoms. The van der Waals surface area contributed by atoms with Gasteiger partial charge < -0.3 is 25.0 Å². The highest BCUT2D eigenvalue weighted by molar-refractivity contribution is 6.00. The minimum atomic E-state index is 0.114. The van der Waals surface area contributed by atoms with Crippen LogP contribution in [-0.2, 0) is 0 Å². The van der Waals surface area contributed by atoms with Gasteiger partial charge in [0.1, 0.15) is 17.3 Å². The molecule has 2 atom stereocenters. The minimum absolute atomic E-state index is 0.114. The average Bonchev–Trinajstić information content (AvgIpc) is 3.58. The van der Waals surface area contributed by atoms with Crippen molar-refractivity contribution in [2.75, 3.05) is 56.5 Å².